The predicted octanol–water partition coefficient (Wildman–Crippen LogP) is 6.05. The van der Waals surface area contributed by atoms with E-state index in [1.807, 2.05) is 45.0 Å². The Bertz CT molecular complexity index is 2060. The van der Waals surface area contributed by atoms with E-state index < -0.39 is 37.7 Å². The summed E-state index contributed by atoms with van der Waals surface area (Å²) in [5.41, 5.74) is 4.99. The Kier molecular flexibility index (Phi) is 11.2. The van der Waals surface area contributed by atoms with Crippen LogP contribution in [-0.2, 0) is 48.8 Å². The predicted molar refractivity (Wildman–Crippen MR) is 195 cm³/mol. The van der Waals surface area contributed by atoms with Crippen molar-refractivity contribution in [3.63, 3.8) is 0 Å². The third kappa shape index (κ3) is 8.27. The van der Waals surface area contributed by atoms with Gasteiger partial charge in [-0.1, -0.05) is 44.5 Å². The van der Waals surface area contributed by atoms with E-state index in [1.54, 1.807) is 38.4 Å². The first-order chi connectivity index (χ1) is 23.7. The molecule has 0 saturated carbocycles. The molecule has 1 aliphatic rings. The summed E-state index contributed by atoms with van der Waals surface area (Å²) < 4.78 is 62.3. The van der Waals surface area contributed by atoms with E-state index in [2.05, 4.69) is 20.5 Å². The van der Waals surface area contributed by atoms with E-state index >= 15 is 4.39 Å². The standard InChI is InChI=1S/C37H44FN5O5S2/c1-24-31-21-27(11-16-40-31)49(45)34-29(28-12-17-41-32(28)22-30(34)38)13-18-50(46,47)23-36(2,3)14-8-15-37(4,35(42-24)43-39-5)26-10-7-9-25(19-26)20-33(44)48-6/h7,9-12,16-17,19,21-22,39,41H,8,13-15,18,20,23H2,1-6H3/b42-24+,43-35-/t37-,49?/m1/s1. The average Bonchev–Trinajstić information content (AvgIpc) is 3.53. The van der Waals surface area contributed by atoms with Gasteiger partial charge in [-0.2, -0.15) is 5.10 Å². The Hall–Kier alpha value is -4.07. The molecule has 2 aromatic carbocycles. The Morgan fingerprint density at radius 1 is 1.16 bits per heavy atom. The minimum atomic E-state index is -3.62. The number of nitrogens with one attached hydrogen (secondary N) is 2. The summed E-state index contributed by atoms with van der Waals surface area (Å²) in [4.78, 5) is 24.9. The molecule has 5 rings (SSSR count). The number of hydrazone groups is 1. The number of benzene rings is 2. The fourth-order valence-corrected chi connectivity index (χ4v) is 9.98. The molecule has 266 valence electrons. The fourth-order valence-electron chi connectivity index (χ4n) is 6.67. The van der Waals surface area contributed by atoms with E-state index in [4.69, 9.17) is 9.73 Å². The minimum absolute atomic E-state index is 0.00779. The molecule has 1 aliphatic heterocycles. The molecule has 4 aromatic rings. The lowest BCUT2D eigenvalue weighted by Crippen LogP contribution is -2.35. The molecule has 2 bridgehead atoms. The molecular weight excluding hydrogens is 678 g/mol. The number of rotatable bonds is 4. The second-order valence-corrected chi connectivity index (χ2v) is 17.4. The zero-order valence-corrected chi connectivity index (χ0v) is 30.9. The monoisotopic (exact) mass is 721 g/mol. The van der Waals surface area contributed by atoms with Gasteiger partial charge in [-0.25, -0.2) is 17.8 Å². The molecule has 3 heterocycles. The number of aliphatic imine (C=N–C) groups is 1. The average molecular weight is 722 g/mol. The highest BCUT2D eigenvalue weighted by atomic mass is 32.2. The maximum Gasteiger partial charge on any atom is 0.309 e. The van der Waals surface area contributed by atoms with Crippen molar-refractivity contribution >= 4 is 49.4 Å². The number of aryl methyl sites for hydroxylation is 1. The highest BCUT2D eigenvalue weighted by Gasteiger charge is 2.36. The van der Waals surface area contributed by atoms with E-state index in [0.717, 1.165) is 11.1 Å². The lowest BCUT2D eigenvalue weighted by Gasteiger charge is -2.32. The van der Waals surface area contributed by atoms with Gasteiger partial charge in [0, 0.05) is 65.3 Å². The summed E-state index contributed by atoms with van der Waals surface area (Å²) in [5.74, 6) is -0.892. The summed E-state index contributed by atoms with van der Waals surface area (Å²) in [5, 5.41) is 5.26. The number of H-pyrrole nitrogens is 1. The molecule has 1 unspecified atom stereocenters. The van der Waals surface area contributed by atoms with Crippen molar-refractivity contribution in [3.05, 3.63) is 89.1 Å². The number of carbonyl (C=O) groups is 1. The van der Waals surface area contributed by atoms with Crippen LogP contribution in [0.1, 0.15) is 69.3 Å². The lowest BCUT2D eigenvalue weighted by molar-refractivity contribution is -0.139. The van der Waals surface area contributed by atoms with Crippen molar-refractivity contribution in [1.29, 1.82) is 0 Å². The van der Waals surface area contributed by atoms with Crippen LogP contribution in [0.4, 0.5) is 4.39 Å². The molecule has 2 atom stereocenters. The zero-order valence-electron chi connectivity index (χ0n) is 29.3. The van der Waals surface area contributed by atoms with Gasteiger partial charge in [-0.05, 0) is 55.7 Å². The van der Waals surface area contributed by atoms with Crippen molar-refractivity contribution in [1.82, 2.24) is 15.4 Å². The number of nitrogens with zero attached hydrogens (tertiary/aromatic N) is 3. The number of sulfone groups is 1. The van der Waals surface area contributed by atoms with Gasteiger partial charge in [0.25, 0.3) is 0 Å². The van der Waals surface area contributed by atoms with Crippen molar-refractivity contribution in [2.45, 2.75) is 75.0 Å². The Balaban J connectivity index is 1.68. The molecule has 13 heteroatoms. The van der Waals surface area contributed by atoms with Crippen LogP contribution in [0.15, 0.2) is 80.8 Å². The Morgan fingerprint density at radius 3 is 2.68 bits per heavy atom. The van der Waals surface area contributed by atoms with Crippen LogP contribution in [0.5, 0.6) is 0 Å². The SMILES string of the molecule is CN/N=C1\N=C(/C)c2cc(ccn2)[S+]([O-])c2c(F)cc3[nH]ccc3c2CCS(=O)(=O)CC(C)(C)CCC[C@]1(C)c1cccc(CC(=O)OC)c1. The van der Waals surface area contributed by atoms with Gasteiger partial charge in [0.1, 0.15) is 0 Å². The highest BCUT2D eigenvalue weighted by Crippen LogP contribution is 2.37. The maximum atomic E-state index is 15.8. The molecule has 2 aromatic heterocycles. The number of hydrogen-bond donors (Lipinski definition) is 2. The van der Waals surface area contributed by atoms with E-state index in [9.17, 15) is 17.8 Å². The maximum absolute atomic E-state index is 15.8. The van der Waals surface area contributed by atoms with Gasteiger partial charge < -0.3 is 19.7 Å². The Labute approximate surface area is 296 Å². The van der Waals surface area contributed by atoms with Crippen molar-refractivity contribution in [2.24, 2.45) is 15.5 Å². The quantitative estimate of drug-likeness (QED) is 0.148. The van der Waals surface area contributed by atoms with Gasteiger partial charge in [0.15, 0.2) is 31.3 Å². The third-order valence-electron chi connectivity index (χ3n) is 9.30. The molecule has 0 amide bonds. The number of pyridine rings is 1. The molecule has 2 N–H and O–H groups in total. The number of hydrogen-bond acceptors (Lipinski definition) is 8. The van der Waals surface area contributed by atoms with Crippen LogP contribution in [0, 0.1) is 11.2 Å². The van der Waals surface area contributed by atoms with E-state index in [-0.39, 0.29) is 35.2 Å². The molecule has 0 radical (unpaired) electrons. The highest BCUT2D eigenvalue weighted by molar-refractivity contribution is 7.92. The van der Waals surface area contributed by atoms with Crippen LogP contribution >= 0.6 is 0 Å². The summed E-state index contributed by atoms with van der Waals surface area (Å²) in [6, 6.07) is 13.9. The van der Waals surface area contributed by atoms with Crippen molar-refractivity contribution in [2.75, 3.05) is 25.7 Å². The third-order valence-corrected chi connectivity index (χ3v) is 12.8. The van der Waals surface area contributed by atoms with Crippen LogP contribution in [0.3, 0.4) is 0 Å². The summed E-state index contributed by atoms with van der Waals surface area (Å²) in [6.45, 7) is 7.69. The van der Waals surface area contributed by atoms with Crippen LogP contribution < -0.4 is 5.43 Å². The number of halogens is 1. The number of esters is 1. The van der Waals surface area contributed by atoms with Gasteiger partial charge in [-0.3, -0.25) is 9.78 Å². The van der Waals surface area contributed by atoms with E-state index in [0.29, 0.717) is 57.9 Å². The van der Waals surface area contributed by atoms with Gasteiger partial charge in [0.2, 0.25) is 0 Å². The van der Waals surface area contributed by atoms with Crippen molar-refractivity contribution < 1.29 is 26.9 Å². The van der Waals surface area contributed by atoms with E-state index in [1.165, 1.54) is 19.4 Å². The number of aromatic nitrogens is 2. The zero-order chi connectivity index (χ0) is 36.3. The van der Waals surface area contributed by atoms with Crippen LogP contribution in [0.25, 0.3) is 10.9 Å². The normalized spacial score (nSPS) is 23.2. The lowest BCUT2D eigenvalue weighted by atomic mass is 9.74. The van der Waals surface area contributed by atoms with Crippen LogP contribution in [-0.4, -0.2) is 66.1 Å². The molecule has 10 nitrogen and oxygen atoms in total. The fraction of sp³-hybridized carbons (Fsp3) is 0.405. The molecule has 0 spiro atoms. The first kappa shape index (κ1) is 37.2. The summed E-state index contributed by atoms with van der Waals surface area (Å²) >= 11 is -2.01. The number of fused-ring (bicyclic) bond motifs is 5. The smallest absolute Gasteiger partial charge is 0.309 e. The number of ether oxygens (including phenoxy) is 1. The number of carbonyl (C=O) groups excluding carboxylic acids is 1. The second-order valence-electron chi connectivity index (χ2n) is 13.8. The van der Waals surface area contributed by atoms with Crippen LogP contribution in [0.2, 0.25) is 0 Å². The second kappa shape index (κ2) is 15.0. The van der Waals surface area contributed by atoms with Gasteiger partial charge in [0.05, 0.1) is 41.9 Å². The first-order valence-corrected chi connectivity index (χ1v) is 19.5. The number of amidine groups is 1. The number of aromatic amines is 1. The van der Waals surface area contributed by atoms with Crippen molar-refractivity contribution in [3.8, 4) is 0 Å². The summed E-state index contributed by atoms with van der Waals surface area (Å²) in [6.07, 6.45) is 5.05. The largest absolute Gasteiger partial charge is 0.606 e. The Morgan fingerprint density at radius 2 is 1.94 bits per heavy atom. The van der Waals surface area contributed by atoms with Gasteiger partial charge >= 0.3 is 5.97 Å². The molecule has 0 aliphatic carbocycles. The topological polar surface area (TPSA) is 149 Å². The first-order valence-electron chi connectivity index (χ1n) is 16.5. The molecule has 0 fully saturated rings. The van der Waals surface area contributed by atoms with Gasteiger partial charge in [-0.15, -0.1) is 0 Å². The molecular formula is C37H44FN5O5S2. The molecule has 0 saturated heterocycles. The number of methoxy groups -OCH3 is 1. The summed E-state index contributed by atoms with van der Waals surface area (Å²) in [7, 11) is -0.582. The molecule has 50 heavy (non-hydrogen) atoms. The minimum Gasteiger partial charge on any atom is -0.606 e.